The van der Waals surface area contributed by atoms with Crippen molar-refractivity contribution in [3.05, 3.63) is 65.2 Å². The van der Waals surface area contributed by atoms with Gasteiger partial charge in [-0.15, -0.1) is 0 Å². The van der Waals surface area contributed by atoms with Crippen LogP contribution in [0.2, 0.25) is 5.02 Å². The lowest BCUT2D eigenvalue weighted by Crippen LogP contribution is -2.58. The van der Waals surface area contributed by atoms with Gasteiger partial charge in [0.1, 0.15) is 0 Å². The molecule has 0 saturated carbocycles. The maximum atomic E-state index is 15.8. The Labute approximate surface area is 245 Å². The fourth-order valence-electron chi connectivity index (χ4n) is 5.05. The van der Waals surface area contributed by atoms with Crippen molar-refractivity contribution < 1.29 is 40.0 Å². The molecule has 2 aromatic carbocycles. The molecule has 3 atom stereocenters. The van der Waals surface area contributed by atoms with Crippen LogP contribution >= 0.6 is 11.6 Å². The summed E-state index contributed by atoms with van der Waals surface area (Å²) in [5, 5.41) is 2.57. The first-order chi connectivity index (χ1) is 19.5. The second kappa shape index (κ2) is 11.9. The van der Waals surface area contributed by atoms with Crippen LogP contribution in [0, 0.1) is 0 Å². The topological polar surface area (TPSA) is 86.8 Å². The first-order valence-corrected chi connectivity index (χ1v) is 14.9. The van der Waals surface area contributed by atoms with E-state index in [9.17, 15) is 35.6 Å². The number of carbonyl (C=O) groups is 2. The molecule has 42 heavy (non-hydrogen) atoms. The number of amides is 2. The van der Waals surface area contributed by atoms with E-state index < -0.39 is 83.4 Å². The minimum absolute atomic E-state index is 0.0301. The number of carbonyl (C=O) groups excluding carboxylic acids is 2. The van der Waals surface area contributed by atoms with Gasteiger partial charge in [-0.25, -0.2) is 30.4 Å². The normalized spacial score (nSPS) is 23.5. The molecular weight excluding hydrogens is 605 g/mol. The van der Waals surface area contributed by atoms with E-state index in [1.807, 2.05) is 0 Å². The number of likely N-dealkylation sites (tertiary alicyclic amines) is 1. The van der Waals surface area contributed by atoms with Gasteiger partial charge in [0, 0.05) is 59.3 Å². The Morgan fingerprint density at radius 2 is 1.76 bits per heavy atom. The molecule has 0 aliphatic carbocycles. The Bertz CT molecular complexity index is 1500. The Kier molecular flexibility index (Phi) is 9.06. The quantitative estimate of drug-likeness (QED) is 0.313. The Morgan fingerprint density at radius 1 is 1.10 bits per heavy atom. The second-order valence-electron chi connectivity index (χ2n) is 10.6. The highest BCUT2D eigenvalue weighted by Crippen LogP contribution is 2.40. The van der Waals surface area contributed by atoms with Crippen LogP contribution in [-0.4, -0.2) is 72.7 Å². The van der Waals surface area contributed by atoms with Crippen LogP contribution in [0.15, 0.2) is 59.5 Å². The van der Waals surface area contributed by atoms with E-state index in [0.29, 0.717) is 0 Å². The average Bonchev–Trinajstić information content (AvgIpc) is 2.90. The zero-order valence-electron chi connectivity index (χ0n) is 22.7. The highest BCUT2D eigenvalue weighted by Gasteiger charge is 2.48. The Hall–Kier alpha value is -3.03. The third kappa shape index (κ3) is 6.63. The van der Waals surface area contributed by atoms with Crippen LogP contribution in [0.1, 0.15) is 38.7 Å². The number of nitrogens with one attached hydrogen (secondary N) is 1. The smallest absolute Gasteiger partial charge is 0.282 e. The fourth-order valence-corrected chi connectivity index (χ4v) is 7.11. The van der Waals surface area contributed by atoms with E-state index in [4.69, 9.17) is 11.6 Å². The molecule has 2 aliphatic heterocycles. The van der Waals surface area contributed by atoms with Crippen molar-refractivity contribution in [2.45, 2.75) is 61.7 Å². The summed E-state index contributed by atoms with van der Waals surface area (Å²) in [6.07, 6.45) is -1.57. The van der Waals surface area contributed by atoms with Gasteiger partial charge in [0.05, 0.1) is 18.0 Å². The zero-order valence-corrected chi connectivity index (χ0v) is 24.2. The second-order valence-corrected chi connectivity index (χ2v) is 12.9. The van der Waals surface area contributed by atoms with Crippen molar-refractivity contribution in [2.24, 2.45) is 0 Å². The number of sulfonamides is 1. The summed E-state index contributed by atoms with van der Waals surface area (Å²) in [4.78, 5) is 25.4. The predicted octanol–water partition coefficient (Wildman–Crippen LogP) is 5.36. The van der Waals surface area contributed by atoms with Gasteiger partial charge in [0.2, 0.25) is 15.9 Å². The standard InChI is InChI=1S/C28H29ClF5N3O4S/c1-17(7-10-24(38)36-15-28(33,34)16-36)35-26(39)27(32)11-12-37(18(2)14-27)42(40,41)23-9-8-19(25(30)31)13-21(23)20-5-3-4-6-22(20)29/h3-10,13,17-18,25H,11-12,14-16H2,1-2H3,(H,35,39)/b10-7+/t17-,18-,27+/m1/s1. The summed E-state index contributed by atoms with van der Waals surface area (Å²) in [5.41, 5.74) is -2.64. The summed E-state index contributed by atoms with van der Waals surface area (Å²) in [7, 11) is -4.36. The van der Waals surface area contributed by atoms with Crippen LogP contribution in [0.5, 0.6) is 0 Å². The van der Waals surface area contributed by atoms with Crippen LogP contribution in [0.3, 0.4) is 0 Å². The van der Waals surface area contributed by atoms with Crippen LogP contribution < -0.4 is 5.32 Å². The van der Waals surface area contributed by atoms with Gasteiger partial charge < -0.3 is 10.2 Å². The van der Waals surface area contributed by atoms with E-state index in [1.54, 1.807) is 12.1 Å². The molecule has 2 aliphatic rings. The number of piperidine rings is 1. The van der Waals surface area contributed by atoms with Crippen molar-refractivity contribution in [1.29, 1.82) is 0 Å². The molecule has 0 aromatic heterocycles. The average molecular weight is 634 g/mol. The van der Waals surface area contributed by atoms with Crippen molar-refractivity contribution in [1.82, 2.24) is 14.5 Å². The maximum absolute atomic E-state index is 15.8. The number of alkyl halides is 5. The number of rotatable bonds is 8. The van der Waals surface area contributed by atoms with E-state index in [-0.39, 0.29) is 27.6 Å². The molecule has 2 aromatic rings. The molecule has 228 valence electrons. The highest BCUT2D eigenvalue weighted by molar-refractivity contribution is 7.89. The Balaban J connectivity index is 1.49. The van der Waals surface area contributed by atoms with E-state index in [1.165, 1.54) is 32.1 Å². The van der Waals surface area contributed by atoms with Crippen LogP contribution in [-0.2, 0) is 19.6 Å². The number of hydrogen-bond donors (Lipinski definition) is 1. The minimum Gasteiger partial charge on any atom is -0.347 e. The van der Waals surface area contributed by atoms with E-state index in [2.05, 4.69) is 5.32 Å². The molecule has 0 radical (unpaired) electrons. The lowest BCUT2D eigenvalue weighted by molar-refractivity contribution is -0.160. The first-order valence-electron chi connectivity index (χ1n) is 13.1. The molecule has 0 spiro atoms. The fraction of sp³-hybridized carbons (Fsp3) is 0.429. The molecule has 2 fully saturated rings. The zero-order chi connectivity index (χ0) is 31.0. The number of halogens is 6. The summed E-state index contributed by atoms with van der Waals surface area (Å²) in [5.74, 6) is -4.60. The summed E-state index contributed by atoms with van der Waals surface area (Å²) >= 11 is 6.27. The van der Waals surface area contributed by atoms with Crippen molar-refractivity contribution >= 4 is 33.4 Å². The van der Waals surface area contributed by atoms with E-state index >= 15 is 4.39 Å². The van der Waals surface area contributed by atoms with Gasteiger partial charge >= 0.3 is 0 Å². The molecule has 2 saturated heterocycles. The molecule has 4 rings (SSSR count). The largest absolute Gasteiger partial charge is 0.347 e. The molecule has 1 N–H and O–H groups in total. The lowest BCUT2D eigenvalue weighted by Gasteiger charge is -2.40. The lowest BCUT2D eigenvalue weighted by atomic mass is 9.89. The number of benzene rings is 2. The molecule has 7 nitrogen and oxygen atoms in total. The summed E-state index contributed by atoms with van der Waals surface area (Å²) in [6, 6.07) is 7.53. The van der Waals surface area contributed by atoms with Crippen LogP contribution in [0.4, 0.5) is 22.0 Å². The van der Waals surface area contributed by atoms with Gasteiger partial charge in [-0.2, -0.15) is 4.31 Å². The first kappa shape index (κ1) is 31.9. The van der Waals surface area contributed by atoms with Crippen molar-refractivity contribution in [3.63, 3.8) is 0 Å². The number of hydrogen-bond acceptors (Lipinski definition) is 4. The molecule has 0 bridgehead atoms. The SMILES string of the molecule is C[C@H](/C=C/C(=O)N1CC(F)(F)C1)NC(=O)[C@]1(F)CCN(S(=O)(=O)c2ccc(C(F)F)cc2-c2ccccc2Cl)[C@H](C)C1. The molecular formula is C28H29ClF5N3O4S. The highest BCUT2D eigenvalue weighted by atomic mass is 35.5. The third-order valence-corrected chi connectivity index (χ3v) is 9.70. The summed E-state index contributed by atoms with van der Waals surface area (Å²) in [6.45, 7) is 1.14. The van der Waals surface area contributed by atoms with Gasteiger partial charge in [-0.05, 0) is 32.0 Å². The van der Waals surface area contributed by atoms with E-state index in [0.717, 1.165) is 33.5 Å². The van der Waals surface area contributed by atoms with Crippen molar-refractivity contribution in [3.8, 4) is 11.1 Å². The minimum atomic E-state index is -4.36. The van der Waals surface area contributed by atoms with Gasteiger partial charge in [-0.1, -0.05) is 41.9 Å². The molecule has 0 unspecified atom stereocenters. The van der Waals surface area contributed by atoms with Gasteiger partial charge in [-0.3, -0.25) is 9.59 Å². The summed E-state index contributed by atoms with van der Waals surface area (Å²) < 4.78 is 97.4. The van der Waals surface area contributed by atoms with Crippen molar-refractivity contribution in [2.75, 3.05) is 19.6 Å². The molecule has 14 heteroatoms. The van der Waals surface area contributed by atoms with Gasteiger partial charge in [0.25, 0.3) is 18.3 Å². The third-order valence-electron chi connectivity index (χ3n) is 7.29. The Morgan fingerprint density at radius 3 is 2.36 bits per heavy atom. The predicted molar refractivity (Wildman–Crippen MR) is 147 cm³/mol. The number of nitrogens with zero attached hydrogens (tertiary/aromatic N) is 2. The van der Waals surface area contributed by atoms with Crippen LogP contribution in [0.25, 0.3) is 11.1 Å². The monoisotopic (exact) mass is 633 g/mol. The van der Waals surface area contributed by atoms with Gasteiger partial charge in [0.15, 0.2) is 5.67 Å². The molecule has 2 heterocycles. The maximum Gasteiger partial charge on any atom is 0.282 e. The molecule has 2 amide bonds.